The molecule has 1 aliphatic heterocycles. The van der Waals surface area contributed by atoms with E-state index in [1.165, 1.54) is 71.2 Å². The Kier molecular flexibility index (Phi) is 6.51. The zero-order valence-electron chi connectivity index (χ0n) is 14.8. The Bertz CT molecular complexity index is 295. The van der Waals surface area contributed by atoms with E-state index in [4.69, 9.17) is 0 Å². The fourth-order valence-electron chi connectivity index (χ4n) is 4.03. The third-order valence-electron chi connectivity index (χ3n) is 5.65. The van der Waals surface area contributed by atoms with E-state index in [0.29, 0.717) is 17.5 Å². The number of likely N-dealkylation sites (N-methyl/N-ethyl adjacent to an activating group) is 1. The lowest BCUT2D eigenvalue weighted by molar-refractivity contribution is 0.0560. The molecule has 1 N–H and O–H groups in total. The minimum Gasteiger partial charge on any atom is -0.314 e. The fourth-order valence-corrected chi connectivity index (χ4v) is 4.03. The fraction of sp³-hybridized carbons (Fsp3) is 1.00. The smallest absolute Gasteiger partial charge is 0.0192 e. The van der Waals surface area contributed by atoms with Gasteiger partial charge in [-0.3, -0.25) is 4.90 Å². The summed E-state index contributed by atoms with van der Waals surface area (Å²) in [5, 5.41) is 3.76. The molecule has 0 bridgehead atoms. The van der Waals surface area contributed by atoms with Crippen molar-refractivity contribution in [2.45, 2.75) is 71.4 Å². The molecule has 3 heteroatoms. The molecule has 0 radical (unpaired) electrons. The van der Waals surface area contributed by atoms with Crippen molar-refractivity contribution in [2.75, 3.05) is 39.8 Å². The highest BCUT2D eigenvalue weighted by Gasteiger charge is 2.34. The summed E-state index contributed by atoms with van der Waals surface area (Å²) < 4.78 is 0. The molecule has 0 aromatic rings. The lowest BCUT2D eigenvalue weighted by Crippen LogP contribution is -2.54. The Morgan fingerprint density at radius 3 is 2.33 bits per heavy atom. The number of nitrogens with one attached hydrogen (secondary N) is 1. The molecule has 21 heavy (non-hydrogen) atoms. The number of nitrogens with zero attached hydrogens (tertiary/aromatic N) is 2. The molecule has 1 aliphatic carbocycles. The van der Waals surface area contributed by atoms with Crippen LogP contribution in [0.2, 0.25) is 0 Å². The van der Waals surface area contributed by atoms with Gasteiger partial charge in [-0.15, -0.1) is 0 Å². The molecule has 1 saturated heterocycles. The average Bonchev–Trinajstić information content (AvgIpc) is 2.67. The third kappa shape index (κ3) is 5.22. The van der Waals surface area contributed by atoms with Gasteiger partial charge < -0.3 is 10.2 Å². The average molecular weight is 296 g/mol. The summed E-state index contributed by atoms with van der Waals surface area (Å²) >= 11 is 0. The van der Waals surface area contributed by atoms with Gasteiger partial charge in [-0.2, -0.15) is 0 Å². The summed E-state index contributed by atoms with van der Waals surface area (Å²) in [5.74, 6) is 0. The number of hydrogen-bond donors (Lipinski definition) is 1. The molecule has 2 rings (SSSR count). The summed E-state index contributed by atoms with van der Waals surface area (Å²) in [6, 6.07) is 1.32. The van der Waals surface area contributed by atoms with E-state index < -0.39 is 0 Å². The van der Waals surface area contributed by atoms with E-state index in [1.807, 2.05) is 0 Å². The quantitative estimate of drug-likeness (QED) is 0.787. The highest BCUT2D eigenvalue weighted by atomic mass is 15.3. The molecule has 2 aliphatic rings. The van der Waals surface area contributed by atoms with Crippen molar-refractivity contribution in [3.8, 4) is 0 Å². The van der Waals surface area contributed by atoms with Gasteiger partial charge in [-0.1, -0.05) is 39.5 Å². The maximum atomic E-state index is 3.76. The maximum absolute atomic E-state index is 3.76. The van der Waals surface area contributed by atoms with E-state index in [-0.39, 0.29) is 0 Å². The first-order valence-electron chi connectivity index (χ1n) is 9.17. The van der Waals surface area contributed by atoms with Crippen molar-refractivity contribution < 1.29 is 0 Å². The van der Waals surface area contributed by atoms with Crippen LogP contribution in [0, 0.1) is 5.41 Å². The van der Waals surface area contributed by atoms with E-state index in [1.54, 1.807) is 0 Å². The Morgan fingerprint density at radius 1 is 1.10 bits per heavy atom. The normalized spacial score (nSPS) is 28.7. The zero-order valence-corrected chi connectivity index (χ0v) is 14.8. The molecular weight excluding hydrogens is 258 g/mol. The molecule has 124 valence electrons. The largest absolute Gasteiger partial charge is 0.314 e. The molecule has 1 saturated carbocycles. The minimum atomic E-state index is 0.524. The molecular formula is C18H37N3. The van der Waals surface area contributed by atoms with Gasteiger partial charge in [-0.05, 0) is 32.2 Å². The summed E-state index contributed by atoms with van der Waals surface area (Å²) in [5.41, 5.74) is 0.524. The molecule has 0 amide bonds. The highest BCUT2D eigenvalue weighted by Crippen LogP contribution is 2.36. The second kappa shape index (κ2) is 7.94. The van der Waals surface area contributed by atoms with Gasteiger partial charge in [0.1, 0.15) is 0 Å². The van der Waals surface area contributed by atoms with Gasteiger partial charge in [0.2, 0.25) is 0 Å². The van der Waals surface area contributed by atoms with Crippen molar-refractivity contribution in [3.05, 3.63) is 0 Å². The molecule has 1 unspecified atom stereocenters. The van der Waals surface area contributed by atoms with Crippen LogP contribution in [0.25, 0.3) is 0 Å². The van der Waals surface area contributed by atoms with Crippen LogP contribution < -0.4 is 5.32 Å². The first-order chi connectivity index (χ1) is 10.0. The lowest BCUT2D eigenvalue weighted by atomic mass is 9.79. The van der Waals surface area contributed by atoms with Crippen molar-refractivity contribution in [1.29, 1.82) is 0 Å². The standard InChI is InChI=1S/C18H37N3/c1-16(2)19-14-18(9-7-5-6-8-10-18)15-21-12-11-20(4)17(3)13-21/h16-17,19H,5-15H2,1-4H3. The molecule has 1 atom stereocenters. The van der Waals surface area contributed by atoms with Gasteiger partial charge in [0.25, 0.3) is 0 Å². The van der Waals surface area contributed by atoms with Crippen LogP contribution in [0.5, 0.6) is 0 Å². The Balaban J connectivity index is 1.97. The van der Waals surface area contributed by atoms with Crippen LogP contribution in [-0.2, 0) is 0 Å². The molecule has 3 nitrogen and oxygen atoms in total. The zero-order chi connectivity index (χ0) is 15.3. The number of rotatable bonds is 5. The van der Waals surface area contributed by atoms with Gasteiger partial charge >= 0.3 is 0 Å². The van der Waals surface area contributed by atoms with Crippen molar-refractivity contribution in [2.24, 2.45) is 5.41 Å². The van der Waals surface area contributed by atoms with Crippen molar-refractivity contribution in [1.82, 2.24) is 15.1 Å². The predicted octanol–water partition coefficient (Wildman–Crippen LogP) is 2.96. The SMILES string of the molecule is CC(C)NCC1(CN2CCN(C)C(C)C2)CCCCCC1. The van der Waals surface area contributed by atoms with Gasteiger partial charge in [-0.25, -0.2) is 0 Å². The Hall–Kier alpha value is -0.120. The first kappa shape index (κ1) is 17.2. The van der Waals surface area contributed by atoms with Crippen LogP contribution in [0.15, 0.2) is 0 Å². The second-order valence-electron chi connectivity index (χ2n) is 8.01. The molecule has 2 fully saturated rings. The van der Waals surface area contributed by atoms with Crippen LogP contribution in [0.4, 0.5) is 0 Å². The highest BCUT2D eigenvalue weighted by molar-refractivity contribution is 4.89. The summed E-state index contributed by atoms with van der Waals surface area (Å²) in [6.45, 7) is 13.2. The topological polar surface area (TPSA) is 18.5 Å². The van der Waals surface area contributed by atoms with Crippen LogP contribution in [0.3, 0.4) is 0 Å². The van der Waals surface area contributed by atoms with Crippen LogP contribution >= 0.6 is 0 Å². The monoisotopic (exact) mass is 295 g/mol. The summed E-state index contributed by atoms with van der Waals surface area (Å²) in [6.07, 6.45) is 8.61. The molecule has 0 aromatic carbocycles. The summed E-state index contributed by atoms with van der Waals surface area (Å²) in [7, 11) is 2.27. The van der Waals surface area contributed by atoms with Crippen molar-refractivity contribution in [3.63, 3.8) is 0 Å². The van der Waals surface area contributed by atoms with E-state index in [2.05, 4.69) is 42.9 Å². The molecule has 0 spiro atoms. The van der Waals surface area contributed by atoms with Crippen LogP contribution in [0.1, 0.15) is 59.3 Å². The number of piperazine rings is 1. The van der Waals surface area contributed by atoms with Crippen molar-refractivity contribution >= 4 is 0 Å². The van der Waals surface area contributed by atoms with Gasteiger partial charge in [0.05, 0.1) is 0 Å². The maximum Gasteiger partial charge on any atom is 0.0192 e. The van der Waals surface area contributed by atoms with E-state index in [9.17, 15) is 0 Å². The predicted molar refractivity (Wildman–Crippen MR) is 91.8 cm³/mol. The Morgan fingerprint density at radius 2 is 1.76 bits per heavy atom. The first-order valence-corrected chi connectivity index (χ1v) is 9.17. The summed E-state index contributed by atoms with van der Waals surface area (Å²) in [4.78, 5) is 5.25. The van der Waals surface area contributed by atoms with Crippen LogP contribution in [-0.4, -0.2) is 61.7 Å². The third-order valence-corrected chi connectivity index (χ3v) is 5.65. The van der Waals surface area contributed by atoms with Gasteiger partial charge in [0.15, 0.2) is 0 Å². The lowest BCUT2D eigenvalue weighted by Gasteiger charge is -2.44. The van der Waals surface area contributed by atoms with Gasteiger partial charge in [0, 0.05) is 44.8 Å². The van der Waals surface area contributed by atoms with E-state index in [0.717, 1.165) is 0 Å². The second-order valence-corrected chi connectivity index (χ2v) is 8.01. The Labute approximate surface area is 132 Å². The molecule has 0 aromatic heterocycles. The minimum absolute atomic E-state index is 0.524. The number of hydrogen-bond acceptors (Lipinski definition) is 3. The van der Waals surface area contributed by atoms with E-state index >= 15 is 0 Å². The molecule has 1 heterocycles.